The topological polar surface area (TPSA) is 97.6 Å². The molecule has 0 spiro atoms. The Morgan fingerprint density at radius 2 is 2.29 bits per heavy atom. The first-order valence-corrected chi connectivity index (χ1v) is 8.46. The van der Waals surface area contributed by atoms with Crippen LogP contribution in [0, 0.1) is 0 Å². The van der Waals surface area contributed by atoms with Gasteiger partial charge in [0.25, 0.3) is 10.2 Å². The predicted octanol–water partition coefficient (Wildman–Crippen LogP) is 0.638. The van der Waals surface area contributed by atoms with Crippen molar-refractivity contribution >= 4 is 10.2 Å². The number of aromatic nitrogens is 2. The van der Waals surface area contributed by atoms with Crippen LogP contribution < -0.4 is 4.72 Å². The zero-order chi connectivity index (χ0) is 15.5. The van der Waals surface area contributed by atoms with Crippen LogP contribution >= 0.6 is 0 Å². The van der Waals surface area contributed by atoms with E-state index in [1.807, 2.05) is 13.8 Å². The minimum atomic E-state index is -3.56. The molecule has 1 aliphatic rings. The fraction of sp³-hybridized carbons (Fsp3) is 0.833. The lowest BCUT2D eigenvalue weighted by Crippen LogP contribution is -2.44. The molecule has 1 aromatic heterocycles. The van der Waals surface area contributed by atoms with E-state index in [9.17, 15) is 8.42 Å². The molecule has 120 valence electrons. The van der Waals surface area contributed by atoms with Crippen LogP contribution in [-0.4, -0.2) is 49.2 Å². The Hall–Kier alpha value is -1.03. The van der Waals surface area contributed by atoms with Crippen molar-refractivity contribution in [1.82, 2.24) is 19.2 Å². The number of nitrogens with zero attached hydrogens (tertiary/aromatic N) is 3. The Kier molecular flexibility index (Phi) is 5.31. The Morgan fingerprint density at radius 1 is 1.52 bits per heavy atom. The molecule has 0 amide bonds. The van der Waals surface area contributed by atoms with Gasteiger partial charge in [0.15, 0.2) is 5.82 Å². The third-order valence-corrected chi connectivity index (χ3v) is 4.99. The van der Waals surface area contributed by atoms with Crippen molar-refractivity contribution < 1.29 is 17.7 Å². The normalized spacial score (nSPS) is 20.5. The van der Waals surface area contributed by atoms with Crippen LogP contribution in [0.25, 0.3) is 0 Å². The number of hydrogen-bond acceptors (Lipinski definition) is 6. The van der Waals surface area contributed by atoms with Gasteiger partial charge in [0.05, 0.1) is 13.2 Å². The van der Waals surface area contributed by atoms with Crippen molar-refractivity contribution in [1.29, 1.82) is 0 Å². The molecule has 1 saturated heterocycles. The minimum Gasteiger partial charge on any atom is -0.383 e. The Morgan fingerprint density at radius 3 is 2.90 bits per heavy atom. The van der Waals surface area contributed by atoms with E-state index in [1.165, 1.54) is 4.31 Å². The van der Waals surface area contributed by atoms with Crippen molar-refractivity contribution in [3.8, 4) is 0 Å². The number of nitrogens with one attached hydrogen (secondary N) is 1. The van der Waals surface area contributed by atoms with E-state index in [4.69, 9.17) is 9.26 Å². The quantitative estimate of drug-likeness (QED) is 0.792. The smallest absolute Gasteiger partial charge is 0.280 e. The SMILES string of the molecule is COCC1CCCN1S(=O)(=O)NCc1noc(C(C)C)n1. The molecule has 0 aromatic carbocycles. The summed E-state index contributed by atoms with van der Waals surface area (Å²) in [7, 11) is -1.99. The maximum absolute atomic E-state index is 12.3. The zero-order valence-corrected chi connectivity index (χ0v) is 13.4. The maximum Gasteiger partial charge on any atom is 0.280 e. The molecule has 1 unspecified atom stereocenters. The molecular weight excluding hydrogens is 296 g/mol. The van der Waals surface area contributed by atoms with Gasteiger partial charge in [0, 0.05) is 25.6 Å². The van der Waals surface area contributed by atoms with Crippen molar-refractivity contribution in [2.45, 2.75) is 45.2 Å². The molecular formula is C12H22N4O4S. The average Bonchev–Trinajstić information content (AvgIpc) is 3.06. The summed E-state index contributed by atoms with van der Waals surface area (Å²) in [5, 5.41) is 3.77. The molecule has 1 N–H and O–H groups in total. The second-order valence-electron chi connectivity index (χ2n) is 5.39. The van der Waals surface area contributed by atoms with E-state index in [2.05, 4.69) is 14.9 Å². The summed E-state index contributed by atoms with van der Waals surface area (Å²) in [4.78, 5) is 4.15. The molecule has 8 nitrogen and oxygen atoms in total. The summed E-state index contributed by atoms with van der Waals surface area (Å²) >= 11 is 0. The predicted molar refractivity (Wildman–Crippen MR) is 75.8 cm³/mol. The van der Waals surface area contributed by atoms with Crippen LogP contribution in [0.15, 0.2) is 4.52 Å². The monoisotopic (exact) mass is 318 g/mol. The molecule has 21 heavy (non-hydrogen) atoms. The van der Waals surface area contributed by atoms with Crippen LogP contribution in [0.3, 0.4) is 0 Å². The summed E-state index contributed by atoms with van der Waals surface area (Å²) in [5.74, 6) is 0.958. The van der Waals surface area contributed by atoms with Crippen molar-refractivity contribution in [3.63, 3.8) is 0 Å². The van der Waals surface area contributed by atoms with E-state index < -0.39 is 10.2 Å². The van der Waals surface area contributed by atoms with Gasteiger partial charge in [0.1, 0.15) is 0 Å². The minimum absolute atomic E-state index is 0.0226. The third kappa shape index (κ3) is 4.00. The first-order chi connectivity index (χ1) is 9.94. The zero-order valence-electron chi connectivity index (χ0n) is 12.6. The van der Waals surface area contributed by atoms with Gasteiger partial charge in [0.2, 0.25) is 5.89 Å². The van der Waals surface area contributed by atoms with E-state index in [1.54, 1.807) is 7.11 Å². The number of ether oxygens (including phenoxy) is 1. The highest BCUT2D eigenvalue weighted by molar-refractivity contribution is 7.87. The molecule has 0 aliphatic carbocycles. The Balaban J connectivity index is 1.97. The molecule has 2 rings (SSSR count). The lowest BCUT2D eigenvalue weighted by atomic mass is 10.2. The van der Waals surface area contributed by atoms with Crippen LogP contribution in [0.5, 0.6) is 0 Å². The number of rotatable bonds is 7. The fourth-order valence-corrected chi connectivity index (χ4v) is 3.70. The van der Waals surface area contributed by atoms with Crippen LogP contribution in [0.4, 0.5) is 0 Å². The highest BCUT2D eigenvalue weighted by atomic mass is 32.2. The van der Waals surface area contributed by atoms with Crippen LogP contribution in [0.1, 0.15) is 44.3 Å². The molecule has 1 aliphatic heterocycles. The maximum atomic E-state index is 12.3. The molecule has 1 fully saturated rings. The molecule has 0 radical (unpaired) electrons. The summed E-state index contributed by atoms with van der Waals surface area (Å²) in [5.41, 5.74) is 0. The second-order valence-corrected chi connectivity index (χ2v) is 7.10. The standard InChI is InChI=1S/C12H22N4O4S/c1-9(2)12-14-11(15-20-12)7-13-21(17,18)16-6-4-5-10(16)8-19-3/h9-10,13H,4-8H2,1-3H3. The summed E-state index contributed by atoms with van der Waals surface area (Å²) < 4.78 is 38.7. The number of methoxy groups -OCH3 is 1. The van der Waals surface area contributed by atoms with Crippen molar-refractivity contribution in [3.05, 3.63) is 11.7 Å². The van der Waals surface area contributed by atoms with E-state index in [0.29, 0.717) is 24.9 Å². The summed E-state index contributed by atoms with van der Waals surface area (Å²) in [6.07, 6.45) is 1.66. The van der Waals surface area contributed by atoms with E-state index in [0.717, 1.165) is 12.8 Å². The van der Waals surface area contributed by atoms with Gasteiger partial charge in [-0.25, -0.2) is 0 Å². The molecule has 1 aromatic rings. The summed E-state index contributed by atoms with van der Waals surface area (Å²) in [6, 6.07) is -0.107. The largest absolute Gasteiger partial charge is 0.383 e. The number of hydrogen-bond donors (Lipinski definition) is 1. The van der Waals surface area contributed by atoms with E-state index >= 15 is 0 Å². The second kappa shape index (κ2) is 6.82. The van der Waals surface area contributed by atoms with Gasteiger partial charge in [-0.15, -0.1) is 0 Å². The lowest BCUT2D eigenvalue weighted by Gasteiger charge is -2.23. The molecule has 9 heteroatoms. The molecule has 1 atom stereocenters. The van der Waals surface area contributed by atoms with Crippen molar-refractivity contribution in [2.75, 3.05) is 20.3 Å². The summed E-state index contributed by atoms with van der Waals surface area (Å²) in [6.45, 7) is 4.80. The fourth-order valence-electron chi connectivity index (χ4n) is 2.30. The molecule has 2 heterocycles. The van der Waals surface area contributed by atoms with Gasteiger partial charge in [-0.2, -0.15) is 22.4 Å². The average molecular weight is 318 g/mol. The van der Waals surface area contributed by atoms with Crippen LogP contribution in [0.2, 0.25) is 0 Å². The molecule has 0 saturated carbocycles. The Bertz CT molecular complexity index is 557. The first-order valence-electron chi connectivity index (χ1n) is 7.02. The van der Waals surface area contributed by atoms with Gasteiger partial charge in [-0.3, -0.25) is 0 Å². The highest BCUT2D eigenvalue weighted by Crippen LogP contribution is 2.20. The highest BCUT2D eigenvalue weighted by Gasteiger charge is 2.34. The van der Waals surface area contributed by atoms with Gasteiger partial charge in [-0.05, 0) is 12.8 Å². The first kappa shape index (κ1) is 16.3. The van der Waals surface area contributed by atoms with Crippen LogP contribution in [-0.2, 0) is 21.5 Å². The van der Waals surface area contributed by atoms with Gasteiger partial charge in [-0.1, -0.05) is 19.0 Å². The van der Waals surface area contributed by atoms with Crippen molar-refractivity contribution in [2.24, 2.45) is 0 Å². The van der Waals surface area contributed by atoms with Gasteiger partial charge >= 0.3 is 0 Å². The molecule has 0 bridgehead atoms. The lowest BCUT2D eigenvalue weighted by molar-refractivity contribution is 0.148. The van der Waals surface area contributed by atoms with E-state index in [-0.39, 0.29) is 18.5 Å². The Labute approximate surface area is 125 Å². The van der Waals surface area contributed by atoms with Gasteiger partial charge < -0.3 is 9.26 Å². The third-order valence-electron chi connectivity index (χ3n) is 3.38.